The Balaban J connectivity index is 1.06. The van der Waals surface area contributed by atoms with Gasteiger partial charge in [-0.25, -0.2) is 0 Å². The molecule has 0 N–H and O–H groups in total. The normalized spacial score (nSPS) is 13.0. The van der Waals surface area contributed by atoms with Crippen LogP contribution in [0.2, 0.25) is 0 Å². The van der Waals surface area contributed by atoms with Crippen molar-refractivity contribution in [1.29, 1.82) is 0 Å². The Labute approximate surface area is 419 Å². The zero-order chi connectivity index (χ0) is 48.5. The molecular weight excluding hydrogens is 857 g/mol. The number of nitrogens with zero attached hydrogens (tertiary/aromatic N) is 2. The zero-order valence-corrected chi connectivity index (χ0v) is 41.5. The van der Waals surface area contributed by atoms with E-state index in [0.29, 0.717) is 0 Å². The van der Waals surface area contributed by atoms with Gasteiger partial charge in [0, 0.05) is 39.5 Å². The number of para-hydroxylation sites is 2. The van der Waals surface area contributed by atoms with Gasteiger partial charge in [-0.3, -0.25) is 0 Å². The molecule has 0 unspecified atom stereocenters. The van der Waals surface area contributed by atoms with Crippen molar-refractivity contribution in [3.8, 4) is 33.4 Å². The van der Waals surface area contributed by atoms with E-state index < -0.39 is 0 Å². The average molecular weight is 915 g/mol. The fourth-order valence-corrected chi connectivity index (χ4v) is 12.7. The van der Waals surface area contributed by atoms with Gasteiger partial charge in [0.05, 0.1) is 0 Å². The number of rotatable bonds is 8. The Kier molecular flexibility index (Phi) is 10.6. The van der Waals surface area contributed by atoms with Crippen LogP contribution in [0.4, 0.5) is 34.1 Å². The number of hydrogen-bond acceptors (Lipinski definition) is 2. The maximum absolute atomic E-state index is 2.57. The first-order valence-corrected chi connectivity index (χ1v) is 25.1. The van der Waals surface area contributed by atoms with Crippen molar-refractivity contribution in [1.82, 2.24) is 0 Å². The first-order valence-electron chi connectivity index (χ1n) is 25.1. The number of anilines is 6. The third-order valence-corrected chi connectivity index (χ3v) is 15.3. The van der Waals surface area contributed by atoms with E-state index >= 15 is 0 Å². The zero-order valence-electron chi connectivity index (χ0n) is 41.5. The molecule has 11 aromatic carbocycles. The van der Waals surface area contributed by atoms with Crippen LogP contribution in [0.5, 0.6) is 0 Å². The van der Waals surface area contributed by atoms with E-state index in [1.165, 1.54) is 76.8 Å². The van der Waals surface area contributed by atoms with Gasteiger partial charge in [-0.1, -0.05) is 199 Å². The summed E-state index contributed by atoms with van der Waals surface area (Å²) in [5, 5.41) is 7.63. The van der Waals surface area contributed by atoms with Gasteiger partial charge in [-0.2, -0.15) is 0 Å². The van der Waals surface area contributed by atoms with Gasteiger partial charge in [0.2, 0.25) is 0 Å². The van der Waals surface area contributed by atoms with E-state index in [-0.39, 0.29) is 16.2 Å². The van der Waals surface area contributed by atoms with E-state index in [0.717, 1.165) is 34.1 Å². The molecule has 1 aliphatic carbocycles. The second kappa shape index (κ2) is 17.0. The summed E-state index contributed by atoms with van der Waals surface area (Å²) in [5.41, 5.74) is 16.4. The van der Waals surface area contributed by atoms with Gasteiger partial charge in [-0.05, 0) is 173 Å². The lowest BCUT2D eigenvalue weighted by Gasteiger charge is -2.53. The maximum Gasteiger partial charge on any atom is 0.0468 e. The third kappa shape index (κ3) is 7.23. The van der Waals surface area contributed by atoms with Crippen LogP contribution >= 0.6 is 0 Å². The van der Waals surface area contributed by atoms with Crippen LogP contribution in [-0.4, -0.2) is 0 Å². The van der Waals surface area contributed by atoms with Gasteiger partial charge in [0.1, 0.15) is 0 Å². The van der Waals surface area contributed by atoms with Crippen LogP contribution in [0.3, 0.4) is 0 Å². The Morgan fingerprint density at radius 2 is 0.704 bits per heavy atom. The van der Waals surface area contributed by atoms with E-state index in [9.17, 15) is 0 Å². The number of fused-ring (bicyclic) bond motifs is 9. The standard InChI is InChI=1S/C69H58N2/c1-67(2,3)69(68(4,5)6)64-45-52-43-57(70(53-25-15-9-16-26-53)55-36-31-49(32-37-55)47-21-11-7-12-22-47)40-35-51(52)44-63(64)65-60-30-20-19-29-59(60)62-46-58(41-42-61(62)66(65)69)71(54-27-17-10-18-28-54)56-38-33-50(34-39-56)48-23-13-8-14-24-48/h7-46H,1-6H3. The molecule has 0 radical (unpaired) electrons. The summed E-state index contributed by atoms with van der Waals surface area (Å²) in [6, 6.07) is 89.4. The smallest absolute Gasteiger partial charge is 0.0468 e. The molecule has 0 saturated carbocycles. The fourth-order valence-electron chi connectivity index (χ4n) is 12.7. The molecule has 0 atom stereocenters. The second-order valence-electron chi connectivity index (χ2n) is 21.4. The Morgan fingerprint density at radius 1 is 0.296 bits per heavy atom. The summed E-state index contributed by atoms with van der Waals surface area (Å²) in [6.45, 7) is 14.8. The first-order chi connectivity index (χ1) is 34.5. The highest BCUT2D eigenvalue weighted by Crippen LogP contribution is 2.68. The van der Waals surface area contributed by atoms with Crippen LogP contribution in [0.25, 0.3) is 65.7 Å². The quantitative estimate of drug-likeness (QED) is 0.140. The molecule has 0 amide bonds. The molecule has 2 nitrogen and oxygen atoms in total. The minimum Gasteiger partial charge on any atom is -0.310 e. The summed E-state index contributed by atoms with van der Waals surface area (Å²) in [5.74, 6) is 0. The van der Waals surface area contributed by atoms with Gasteiger partial charge in [0.25, 0.3) is 0 Å². The van der Waals surface area contributed by atoms with E-state index in [1.807, 2.05) is 0 Å². The lowest BCUT2D eigenvalue weighted by atomic mass is 9.49. The predicted molar refractivity (Wildman–Crippen MR) is 304 cm³/mol. The third-order valence-electron chi connectivity index (χ3n) is 15.3. The lowest BCUT2D eigenvalue weighted by Crippen LogP contribution is -2.50. The Bertz CT molecular complexity index is 3720. The predicted octanol–water partition coefficient (Wildman–Crippen LogP) is 19.8. The van der Waals surface area contributed by atoms with E-state index in [2.05, 4.69) is 294 Å². The monoisotopic (exact) mass is 914 g/mol. The summed E-state index contributed by atoms with van der Waals surface area (Å²) in [4.78, 5) is 4.80. The maximum atomic E-state index is 2.57. The molecule has 0 aliphatic heterocycles. The largest absolute Gasteiger partial charge is 0.310 e. The van der Waals surface area contributed by atoms with Crippen molar-refractivity contribution >= 4 is 66.4 Å². The van der Waals surface area contributed by atoms with E-state index in [4.69, 9.17) is 0 Å². The molecular formula is C69H58N2. The molecule has 0 aromatic heterocycles. The van der Waals surface area contributed by atoms with Crippen LogP contribution < -0.4 is 9.80 Å². The van der Waals surface area contributed by atoms with E-state index in [1.54, 1.807) is 0 Å². The number of hydrogen-bond donors (Lipinski definition) is 0. The summed E-state index contributed by atoms with van der Waals surface area (Å²) in [6.07, 6.45) is 0. The topological polar surface area (TPSA) is 6.48 Å². The fraction of sp³-hybridized carbons (Fsp3) is 0.130. The molecule has 11 aromatic rings. The highest BCUT2D eigenvalue weighted by Gasteiger charge is 2.58. The van der Waals surface area contributed by atoms with Crippen molar-refractivity contribution < 1.29 is 0 Å². The van der Waals surface area contributed by atoms with Crippen LogP contribution in [0.15, 0.2) is 243 Å². The van der Waals surface area contributed by atoms with Gasteiger partial charge < -0.3 is 9.80 Å². The Hall–Kier alpha value is -8.20. The number of benzene rings is 11. The van der Waals surface area contributed by atoms with Crippen LogP contribution in [0.1, 0.15) is 52.7 Å². The molecule has 2 heteroatoms. The lowest BCUT2D eigenvalue weighted by molar-refractivity contribution is 0.0965. The van der Waals surface area contributed by atoms with Crippen molar-refractivity contribution in [2.24, 2.45) is 10.8 Å². The molecule has 1 aliphatic rings. The van der Waals surface area contributed by atoms with Gasteiger partial charge in [0.15, 0.2) is 0 Å². The highest BCUT2D eigenvalue weighted by molar-refractivity contribution is 6.20. The van der Waals surface area contributed by atoms with Crippen molar-refractivity contribution in [3.63, 3.8) is 0 Å². The summed E-state index contributed by atoms with van der Waals surface area (Å²) in [7, 11) is 0. The molecule has 0 heterocycles. The summed E-state index contributed by atoms with van der Waals surface area (Å²) < 4.78 is 0. The van der Waals surface area contributed by atoms with Crippen molar-refractivity contribution in [2.45, 2.75) is 47.0 Å². The summed E-state index contributed by atoms with van der Waals surface area (Å²) >= 11 is 0. The van der Waals surface area contributed by atoms with Gasteiger partial charge >= 0.3 is 0 Å². The second-order valence-corrected chi connectivity index (χ2v) is 21.4. The minimum absolute atomic E-state index is 0.183. The highest BCUT2D eigenvalue weighted by atomic mass is 15.1. The van der Waals surface area contributed by atoms with Crippen LogP contribution in [-0.2, 0) is 5.41 Å². The molecule has 0 bridgehead atoms. The van der Waals surface area contributed by atoms with Crippen LogP contribution in [0, 0.1) is 10.8 Å². The molecule has 0 fully saturated rings. The van der Waals surface area contributed by atoms with Gasteiger partial charge in [-0.15, -0.1) is 0 Å². The van der Waals surface area contributed by atoms with Crippen molar-refractivity contribution in [3.05, 3.63) is 254 Å². The molecule has 344 valence electrons. The average Bonchev–Trinajstić information content (AvgIpc) is 3.73. The molecule has 0 saturated heterocycles. The molecule has 12 rings (SSSR count). The Morgan fingerprint density at radius 3 is 1.21 bits per heavy atom. The molecule has 0 spiro atoms. The minimum atomic E-state index is -0.378. The first kappa shape index (κ1) is 44.0. The molecule has 71 heavy (non-hydrogen) atoms. The SMILES string of the molecule is CC(C)(C)C1(C(C)(C)C)c2cc3cc(N(c4ccccc4)c4ccc(-c5ccccc5)cc4)ccc3cc2-c2c1c1ccc(N(c3ccccc3)c3ccc(-c4ccccc4)cc3)cc1c1ccccc21. The van der Waals surface area contributed by atoms with Crippen molar-refractivity contribution in [2.75, 3.05) is 9.80 Å².